The minimum absolute atomic E-state index is 0.253. The van der Waals surface area contributed by atoms with E-state index in [9.17, 15) is 45.6 Å². The Morgan fingerprint density at radius 1 is 0.363 bits per heavy atom. The van der Waals surface area contributed by atoms with Crippen LogP contribution in [0.1, 0.15) is 309 Å². The summed E-state index contributed by atoms with van der Waals surface area (Å²) in [5.41, 5.74) is 0. The van der Waals surface area contributed by atoms with Gasteiger partial charge in [0.05, 0.1) is 32.0 Å². The zero-order valence-electron chi connectivity index (χ0n) is 64.1. The molecular formula is C88H149NO13. The number of rotatable bonds is 67. The molecule has 0 aliphatic carbocycles. The number of amides is 1. The molecule has 0 aromatic heterocycles. The van der Waals surface area contributed by atoms with E-state index in [0.717, 1.165) is 116 Å². The molecule has 9 N–H and O–H groups in total. The van der Waals surface area contributed by atoms with Crippen LogP contribution in [0.5, 0.6) is 0 Å². The fraction of sp³-hybridized carbons (Fsp3) is 0.716. The Labute approximate surface area is 621 Å². The molecule has 2 heterocycles. The van der Waals surface area contributed by atoms with E-state index in [1.54, 1.807) is 6.08 Å². The van der Waals surface area contributed by atoms with Crippen molar-refractivity contribution in [2.75, 3.05) is 19.8 Å². The molecule has 12 unspecified atom stereocenters. The predicted molar refractivity (Wildman–Crippen MR) is 424 cm³/mol. The quantitative estimate of drug-likeness (QED) is 0.0204. The Morgan fingerprint density at radius 3 is 1.08 bits per heavy atom. The highest BCUT2D eigenvalue weighted by Gasteiger charge is 2.51. The summed E-state index contributed by atoms with van der Waals surface area (Å²) in [7, 11) is 0. The Bertz CT molecular complexity index is 2280. The second-order valence-electron chi connectivity index (χ2n) is 28.1. The van der Waals surface area contributed by atoms with Crippen molar-refractivity contribution < 1.29 is 64.6 Å². The Morgan fingerprint density at radius 2 is 0.686 bits per heavy atom. The summed E-state index contributed by atoms with van der Waals surface area (Å²) in [5, 5.41) is 87.7. The van der Waals surface area contributed by atoms with Crippen LogP contribution < -0.4 is 5.32 Å². The third-order valence-electron chi connectivity index (χ3n) is 19.0. The van der Waals surface area contributed by atoms with E-state index in [-0.39, 0.29) is 18.9 Å². The van der Waals surface area contributed by atoms with Gasteiger partial charge in [0.1, 0.15) is 48.8 Å². The highest BCUT2D eigenvalue weighted by Crippen LogP contribution is 2.30. The molecule has 2 rings (SSSR count). The van der Waals surface area contributed by atoms with Gasteiger partial charge in [0.25, 0.3) is 0 Å². The van der Waals surface area contributed by atoms with Gasteiger partial charge in [-0.25, -0.2) is 0 Å². The number of hydrogen-bond acceptors (Lipinski definition) is 13. The zero-order chi connectivity index (χ0) is 73.7. The van der Waals surface area contributed by atoms with Crippen molar-refractivity contribution in [2.45, 2.75) is 383 Å². The Balaban J connectivity index is 1.65. The third kappa shape index (κ3) is 52.0. The molecule has 12 atom stereocenters. The molecule has 0 radical (unpaired) electrons. The molecule has 0 aromatic carbocycles. The van der Waals surface area contributed by atoms with Gasteiger partial charge in [0.15, 0.2) is 12.6 Å². The number of aliphatic hydroxyl groups excluding tert-OH is 8. The van der Waals surface area contributed by atoms with Gasteiger partial charge in [-0.05, 0) is 116 Å². The molecular weight excluding hydrogens is 1280 g/mol. The smallest absolute Gasteiger partial charge is 0.220 e. The van der Waals surface area contributed by atoms with E-state index in [1.807, 2.05) is 6.08 Å². The summed E-state index contributed by atoms with van der Waals surface area (Å²) < 4.78 is 22.9. The van der Waals surface area contributed by atoms with Crippen LogP contribution in [0.3, 0.4) is 0 Å². The van der Waals surface area contributed by atoms with E-state index < -0.39 is 86.8 Å². The fourth-order valence-electron chi connectivity index (χ4n) is 12.6. The molecule has 2 aliphatic heterocycles. The largest absolute Gasteiger partial charge is 0.394 e. The lowest BCUT2D eigenvalue weighted by Crippen LogP contribution is -2.65. The van der Waals surface area contributed by atoms with E-state index in [1.165, 1.54) is 161 Å². The summed E-state index contributed by atoms with van der Waals surface area (Å²) in [6.07, 6.45) is 89.2. The maximum Gasteiger partial charge on any atom is 0.220 e. The van der Waals surface area contributed by atoms with Crippen LogP contribution in [0.2, 0.25) is 0 Å². The predicted octanol–water partition coefficient (Wildman–Crippen LogP) is 19.1. The molecule has 1 amide bonds. The summed E-state index contributed by atoms with van der Waals surface area (Å²) in [4.78, 5) is 13.4. The molecule has 2 fully saturated rings. The standard InChI is InChI=1S/C88H149NO13/c1-3-5-7-9-11-13-15-17-19-21-23-25-27-29-31-33-35-36-37-38-39-40-42-44-46-48-50-52-54-56-58-60-62-64-66-68-70-72-80(93)89-76(75-99-87-85(98)83(96)86(79(74-91)101-87)102-88-84(97)82(95)81(94)78(73-90)100-88)77(92)71-69-67-65-63-61-59-57-55-53-51-49-47-45-43-41-34-32-30-28-26-24-22-20-18-16-14-12-10-8-6-4-2/h5,7,11,13,17,19,23,25,29,31,35-36,38-39,42,44,48,50,53,55,61,63,69,71,76-79,81-88,90-92,94-98H,3-4,6,8-10,12,14-16,18,20-22,24,26-28,30,32-34,37,40-41,43,45-47,49,51-52,54,56-60,62,64-68,70,72-75H2,1-2H3,(H,89,93)/b7-5-,13-11-,19-17-,25-23-,31-29-,36-35-,39-38-,44-42-,50-48-,55-53+,63-61+,71-69+. The molecule has 2 aliphatic rings. The van der Waals surface area contributed by atoms with Crippen molar-refractivity contribution in [3.63, 3.8) is 0 Å². The zero-order valence-corrected chi connectivity index (χ0v) is 64.1. The van der Waals surface area contributed by atoms with Crippen molar-refractivity contribution in [3.8, 4) is 0 Å². The van der Waals surface area contributed by atoms with Crippen molar-refractivity contribution in [2.24, 2.45) is 0 Å². The number of hydrogen-bond donors (Lipinski definition) is 9. The van der Waals surface area contributed by atoms with Crippen LogP contribution in [0.4, 0.5) is 0 Å². The average Bonchev–Trinajstić information content (AvgIpc) is 0.790. The summed E-state index contributed by atoms with van der Waals surface area (Å²) in [6, 6.07) is -0.954. The van der Waals surface area contributed by atoms with Crippen LogP contribution in [0.25, 0.3) is 0 Å². The lowest BCUT2D eigenvalue weighted by Gasteiger charge is -2.46. The number of carbonyl (C=O) groups is 1. The lowest BCUT2D eigenvalue weighted by atomic mass is 9.97. The SMILES string of the molecule is CC/C=C\C/C=C\C/C=C\C/C=C\C/C=C\C/C=C\C/C=C\C/C=C\C/C=C\CCCCCCCCCCCC(=O)NC(COC1OC(CO)C(OC2OC(CO)C(O)C(O)C2O)C(O)C1O)C(O)/C=C/CC/C=C/CC/C=C/CCCCCCCCCCCCCCCCCCCCCCC. The number of nitrogens with one attached hydrogen (secondary N) is 1. The number of ether oxygens (including phenoxy) is 4. The van der Waals surface area contributed by atoms with Gasteiger partial charge in [-0.3, -0.25) is 4.79 Å². The van der Waals surface area contributed by atoms with Crippen LogP contribution >= 0.6 is 0 Å². The minimum Gasteiger partial charge on any atom is -0.394 e. The number of aliphatic hydroxyl groups is 8. The molecule has 2 saturated heterocycles. The van der Waals surface area contributed by atoms with Gasteiger partial charge in [-0.2, -0.15) is 0 Å². The summed E-state index contributed by atoms with van der Waals surface area (Å²) in [6.45, 7) is 2.68. The third-order valence-corrected chi connectivity index (χ3v) is 19.0. The van der Waals surface area contributed by atoms with Crippen molar-refractivity contribution in [1.29, 1.82) is 0 Å². The first-order valence-corrected chi connectivity index (χ1v) is 41.1. The maximum atomic E-state index is 13.4. The number of carbonyl (C=O) groups excluding carboxylic acids is 1. The normalized spacial score (nSPS) is 22.5. The second-order valence-corrected chi connectivity index (χ2v) is 28.1. The second kappa shape index (κ2) is 69.9. The number of allylic oxidation sites excluding steroid dienone is 23. The molecule has 102 heavy (non-hydrogen) atoms. The Hall–Kier alpha value is -4.13. The van der Waals surface area contributed by atoms with Crippen molar-refractivity contribution in [1.82, 2.24) is 5.32 Å². The number of unbranched alkanes of at least 4 members (excludes halogenated alkanes) is 32. The lowest BCUT2D eigenvalue weighted by molar-refractivity contribution is -0.359. The molecule has 14 nitrogen and oxygen atoms in total. The summed E-state index contributed by atoms with van der Waals surface area (Å²) in [5.74, 6) is -0.263. The molecule has 0 aromatic rings. The summed E-state index contributed by atoms with van der Waals surface area (Å²) >= 11 is 0. The average molecular weight is 1430 g/mol. The van der Waals surface area contributed by atoms with E-state index in [2.05, 4.69) is 153 Å². The van der Waals surface area contributed by atoms with E-state index >= 15 is 0 Å². The van der Waals surface area contributed by atoms with E-state index in [0.29, 0.717) is 12.8 Å². The topological polar surface area (TPSA) is 228 Å². The minimum atomic E-state index is -1.80. The van der Waals surface area contributed by atoms with Crippen LogP contribution in [-0.4, -0.2) is 140 Å². The van der Waals surface area contributed by atoms with Crippen molar-refractivity contribution >= 4 is 5.91 Å². The highest BCUT2D eigenvalue weighted by molar-refractivity contribution is 5.76. The molecule has 0 bridgehead atoms. The first kappa shape index (κ1) is 94.0. The van der Waals surface area contributed by atoms with Gasteiger partial charge in [0.2, 0.25) is 5.91 Å². The first-order valence-electron chi connectivity index (χ1n) is 41.1. The first-order chi connectivity index (χ1) is 50.1. The van der Waals surface area contributed by atoms with Gasteiger partial charge in [-0.1, -0.05) is 333 Å². The fourth-order valence-corrected chi connectivity index (χ4v) is 12.6. The van der Waals surface area contributed by atoms with Crippen molar-refractivity contribution in [3.05, 3.63) is 146 Å². The molecule has 0 spiro atoms. The maximum absolute atomic E-state index is 13.4. The molecule has 14 heteroatoms. The van der Waals surface area contributed by atoms with Crippen LogP contribution in [0.15, 0.2) is 146 Å². The van der Waals surface area contributed by atoms with Gasteiger partial charge < -0.3 is 65.1 Å². The van der Waals surface area contributed by atoms with Gasteiger partial charge in [-0.15, -0.1) is 0 Å². The Kier molecular flexibility index (Phi) is 64.4. The molecule has 584 valence electrons. The van der Waals surface area contributed by atoms with Crippen LogP contribution in [0, 0.1) is 0 Å². The highest BCUT2D eigenvalue weighted by atomic mass is 16.7. The molecule has 0 saturated carbocycles. The van der Waals surface area contributed by atoms with Crippen LogP contribution in [-0.2, 0) is 23.7 Å². The van der Waals surface area contributed by atoms with Gasteiger partial charge >= 0.3 is 0 Å². The monoisotopic (exact) mass is 1430 g/mol. The van der Waals surface area contributed by atoms with Gasteiger partial charge in [0, 0.05) is 6.42 Å². The van der Waals surface area contributed by atoms with E-state index in [4.69, 9.17) is 18.9 Å².